The molecule has 22 heavy (non-hydrogen) atoms. The van der Waals surface area contributed by atoms with Crippen molar-refractivity contribution in [2.75, 3.05) is 7.11 Å². The minimum Gasteiger partial charge on any atom is -0.494 e. The molecule has 0 heterocycles. The van der Waals surface area contributed by atoms with Gasteiger partial charge in [-0.2, -0.15) is 0 Å². The summed E-state index contributed by atoms with van der Waals surface area (Å²) in [6.07, 6.45) is 4.19. The molecule has 3 rings (SSSR count). The van der Waals surface area contributed by atoms with E-state index >= 15 is 0 Å². The minimum absolute atomic E-state index is 0.206. The van der Waals surface area contributed by atoms with E-state index in [1.54, 1.807) is 12.1 Å². The molecule has 0 radical (unpaired) electrons. The Balaban J connectivity index is 2.02. The molecule has 3 heteroatoms. The highest BCUT2D eigenvalue weighted by atomic mass is 19.1. The smallest absolute Gasteiger partial charge is 0.165 e. The van der Waals surface area contributed by atoms with E-state index in [0.717, 1.165) is 41.5 Å². The molecule has 0 saturated carbocycles. The zero-order valence-corrected chi connectivity index (χ0v) is 12.7. The van der Waals surface area contributed by atoms with Crippen LogP contribution in [0.2, 0.25) is 0 Å². The molecule has 0 spiro atoms. The molecule has 114 valence electrons. The lowest BCUT2D eigenvalue weighted by Gasteiger charge is -2.18. The topological polar surface area (TPSA) is 9.23 Å². The van der Waals surface area contributed by atoms with Crippen LogP contribution in [-0.4, -0.2) is 7.11 Å². The molecule has 0 aliphatic heterocycles. The van der Waals surface area contributed by atoms with Gasteiger partial charge in [0.2, 0.25) is 0 Å². The van der Waals surface area contributed by atoms with Crippen molar-refractivity contribution in [3.05, 3.63) is 64.2 Å². The van der Waals surface area contributed by atoms with Crippen LogP contribution in [0.5, 0.6) is 5.75 Å². The van der Waals surface area contributed by atoms with Gasteiger partial charge in [0.25, 0.3) is 0 Å². The van der Waals surface area contributed by atoms with Gasteiger partial charge in [-0.1, -0.05) is 25.1 Å². The number of methoxy groups -OCH3 is 1. The van der Waals surface area contributed by atoms with Crippen LogP contribution in [0.25, 0.3) is 11.6 Å². The molecular weight excluding hydrogens is 282 g/mol. The third-order valence-corrected chi connectivity index (χ3v) is 4.19. The molecule has 0 N–H and O–H groups in total. The molecule has 0 saturated heterocycles. The molecule has 1 aliphatic rings. The minimum atomic E-state index is -0.388. The largest absolute Gasteiger partial charge is 0.494 e. The first kappa shape index (κ1) is 14.8. The first-order chi connectivity index (χ1) is 10.6. The predicted octanol–water partition coefficient (Wildman–Crippen LogP) is 5.02. The fraction of sp³-hybridized carbons (Fsp3) is 0.263. The second kappa shape index (κ2) is 5.91. The Hall–Kier alpha value is -2.16. The number of fused-ring (bicyclic) bond motifs is 1. The zero-order chi connectivity index (χ0) is 15.7. The standard InChI is InChI=1S/C19H18F2O/c1-3-12-4-7-16(17(20)8-12)14-6-5-13-11-19(22-2)18(21)10-15(13)9-14/h4,7-11H,3,5-6H2,1-2H3. The summed E-state index contributed by atoms with van der Waals surface area (Å²) in [7, 11) is 1.46. The van der Waals surface area contributed by atoms with E-state index in [0.29, 0.717) is 5.56 Å². The monoisotopic (exact) mass is 300 g/mol. The molecule has 0 bridgehead atoms. The van der Waals surface area contributed by atoms with Gasteiger partial charge >= 0.3 is 0 Å². The van der Waals surface area contributed by atoms with Crippen molar-refractivity contribution in [2.45, 2.75) is 26.2 Å². The van der Waals surface area contributed by atoms with Gasteiger partial charge in [0, 0.05) is 5.56 Å². The van der Waals surface area contributed by atoms with Gasteiger partial charge < -0.3 is 4.74 Å². The van der Waals surface area contributed by atoms with Crippen LogP contribution in [0.4, 0.5) is 8.78 Å². The molecule has 0 atom stereocenters. The summed E-state index contributed by atoms with van der Waals surface area (Å²) in [6, 6.07) is 8.55. The van der Waals surface area contributed by atoms with Crippen molar-refractivity contribution >= 4 is 11.6 Å². The first-order valence-electron chi connectivity index (χ1n) is 7.48. The third kappa shape index (κ3) is 2.63. The van der Waals surface area contributed by atoms with Crippen LogP contribution >= 0.6 is 0 Å². The number of hydrogen-bond donors (Lipinski definition) is 0. The summed E-state index contributed by atoms with van der Waals surface area (Å²) >= 11 is 0. The molecule has 0 amide bonds. The number of ether oxygens (including phenoxy) is 1. The lowest BCUT2D eigenvalue weighted by Crippen LogP contribution is -2.03. The van der Waals surface area contributed by atoms with Gasteiger partial charge in [-0.05, 0) is 59.7 Å². The summed E-state index contributed by atoms with van der Waals surface area (Å²) < 4.78 is 33.1. The van der Waals surface area contributed by atoms with Crippen LogP contribution in [-0.2, 0) is 12.8 Å². The Bertz CT molecular complexity index is 747. The van der Waals surface area contributed by atoms with Crippen LogP contribution in [0, 0.1) is 11.6 Å². The van der Waals surface area contributed by atoms with E-state index in [1.165, 1.54) is 13.2 Å². The van der Waals surface area contributed by atoms with Crippen LogP contribution in [0.3, 0.4) is 0 Å². The van der Waals surface area contributed by atoms with Crippen LogP contribution in [0.15, 0.2) is 30.3 Å². The Kier molecular flexibility index (Phi) is 3.97. The van der Waals surface area contributed by atoms with Gasteiger partial charge in [0.1, 0.15) is 5.82 Å². The molecule has 0 unspecified atom stereocenters. The van der Waals surface area contributed by atoms with Crippen molar-refractivity contribution in [1.82, 2.24) is 0 Å². The third-order valence-electron chi connectivity index (χ3n) is 4.19. The van der Waals surface area contributed by atoms with Gasteiger partial charge in [-0.15, -0.1) is 0 Å². The number of allylic oxidation sites excluding steroid dienone is 1. The molecule has 1 nitrogen and oxygen atoms in total. The summed E-state index contributed by atoms with van der Waals surface area (Å²) in [6.45, 7) is 2.00. The highest BCUT2D eigenvalue weighted by Crippen LogP contribution is 2.34. The maximum absolute atomic E-state index is 14.3. The molecule has 1 aliphatic carbocycles. The quantitative estimate of drug-likeness (QED) is 0.773. The van der Waals surface area contributed by atoms with Crippen molar-refractivity contribution in [2.24, 2.45) is 0 Å². The number of benzene rings is 2. The second-order valence-electron chi connectivity index (χ2n) is 5.52. The zero-order valence-electron chi connectivity index (χ0n) is 12.7. The second-order valence-corrected chi connectivity index (χ2v) is 5.52. The van der Waals surface area contributed by atoms with E-state index in [-0.39, 0.29) is 17.4 Å². The summed E-state index contributed by atoms with van der Waals surface area (Å²) in [5.41, 5.74) is 4.34. The molecule has 2 aromatic carbocycles. The van der Waals surface area contributed by atoms with Gasteiger partial charge in [-0.3, -0.25) is 0 Å². The van der Waals surface area contributed by atoms with Gasteiger partial charge in [0.05, 0.1) is 7.11 Å². The predicted molar refractivity (Wildman–Crippen MR) is 84.9 cm³/mol. The number of hydrogen-bond acceptors (Lipinski definition) is 1. The Morgan fingerprint density at radius 2 is 1.86 bits per heavy atom. The lowest BCUT2D eigenvalue weighted by molar-refractivity contribution is 0.386. The fourth-order valence-electron chi connectivity index (χ4n) is 2.90. The van der Waals surface area contributed by atoms with Crippen molar-refractivity contribution < 1.29 is 13.5 Å². The highest BCUT2D eigenvalue weighted by Gasteiger charge is 2.17. The maximum atomic E-state index is 14.3. The number of aryl methyl sites for hydroxylation is 2. The summed E-state index contributed by atoms with van der Waals surface area (Å²) in [5, 5.41) is 0. The van der Waals surface area contributed by atoms with E-state index in [2.05, 4.69) is 0 Å². The Morgan fingerprint density at radius 3 is 2.55 bits per heavy atom. The summed E-state index contributed by atoms with van der Waals surface area (Å²) in [5.74, 6) is -0.335. The SMILES string of the molecule is CCc1ccc(C2=Cc3cc(F)c(OC)cc3CC2)c(F)c1. The molecule has 0 aromatic heterocycles. The number of halogens is 2. The van der Waals surface area contributed by atoms with Crippen LogP contribution < -0.4 is 4.74 Å². The van der Waals surface area contributed by atoms with E-state index in [1.807, 2.05) is 25.1 Å². The normalized spacial score (nSPS) is 13.5. The van der Waals surface area contributed by atoms with Gasteiger partial charge in [0.15, 0.2) is 11.6 Å². The molecule has 0 fully saturated rings. The summed E-state index contributed by atoms with van der Waals surface area (Å²) in [4.78, 5) is 0. The first-order valence-corrected chi connectivity index (χ1v) is 7.48. The average Bonchev–Trinajstić information content (AvgIpc) is 2.53. The van der Waals surface area contributed by atoms with Crippen molar-refractivity contribution in [3.63, 3.8) is 0 Å². The lowest BCUT2D eigenvalue weighted by atomic mass is 9.88. The van der Waals surface area contributed by atoms with E-state index in [9.17, 15) is 8.78 Å². The van der Waals surface area contributed by atoms with Crippen LogP contribution in [0.1, 0.15) is 35.6 Å². The number of rotatable bonds is 3. The van der Waals surface area contributed by atoms with Gasteiger partial charge in [-0.25, -0.2) is 8.78 Å². The van der Waals surface area contributed by atoms with E-state index < -0.39 is 0 Å². The average molecular weight is 300 g/mol. The van der Waals surface area contributed by atoms with E-state index in [4.69, 9.17) is 4.74 Å². The maximum Gasteiger partial charge on any atom is 0.165 e. The fourth-order valence-corrected chi connectivity index (χ4v) is 2.90. The molecular formula is C19H18F2O. The highest BCUT2D eigenvalue weighted by molar-refractivity contribution is 5.84. The van der Waals surface area contributed by atoms with Crippen molar-refractivity contribution in [3.8, 4) is 5.75 Å². The molecule has 2 aromatic rings. The van der Waals surface area contributed by atoms with Crippen molar-refractivity contribution in [1.29, 1.82) is 0 Å². The Labute approximate surface area is 129 Å². The Morgan fingerprint density at radius 1 is 1.05 bits per heavy atom.